The van der Waals surface area contributed by atoms with Crippen molar-refractivity contribution in [2.45, 2.75) is 32.4 Å². The third kappa shape index (κ3) is 4.05. The zero-order chi connectivity index (χ0) is 14.5. The molecule has 0 aliphatic carbocycles. The number of hydrogen-bond donors (Lipinski definition) is 1. The minimum Gasteiger partial charge on any atom is -0.375 e. The Hall–Kier alpha value is -1.40. The molecule has 1 saturated heterocycles. The minimum atomic E-state index is -0.238. The summed E-state index contributed by atoms with van der Waals surface area (Å²) in [6.45, 7) is 5.26. The van der Waals surface area contributed by atoms with E-state index in [1.165, 1.54) is 6.92 Å². The van der Waals surface area contributed by atoms with Crippen LogP contribution in [0.5, 0.6) is 0 Å². The standard InChI is InChI=1S/C14H20N2O3S/c1-10-9-16(5-6-19-10)14(18)8-12(15-11(2)17)13-4-3-7-20-13/h3-4,7,10,12H,5-6,8-9H2,1-2H3,(H,15,17)/t10-,12+/m1/s1. The molecule has 2 rings (SSSR count). The summed E-state index contributed by atoms with van der Waals surface area (Å²) in [5.41, 5.74) is 0. The van der Waals surface area contributed by atoms with Gasteiger partial charge in [-0.25, -0.2) is 0 Å². The summed E-state index contributed by atoms with van der Waals surface area (Å²) in [6, 6.07) is 3.63. The van der Waals surface area contributed by atoms with Crippen LogP contribution in [0.1, 0.15) is 31.2 Å². The number of amides is 2. The van der Waals surface area contributed by atoms with E-state index in [4.69, 9.17) is 4.74 Å². The summed E-state index contributed by atoms with van der Waals surface area (Å²) in [5, 5.41) is 4.81. The first-order valence-electron chi connectivity index (χ1n) is 6.76. The molecule has 2 amide bonds. The lowest BCUT2D eigenvalue weighted by atomic mass is 10.1. The molecule has 1 N–H and O–H groups in total. The Balaban J connectivity index is 2.00. The maximum absolute atomic E-state index is 12.4. The summed E-state index contributed by atoms with van der Waals surface area (Å²) in [5.74, 6) is -0.0566. The number of morpholine rings is 1. The molecule has 2 heterocycles. The van der Waals surface area contributed by atoms with Crippen LogP contribution in [0.4, 0.5) is 0 Å². The first-order valence-corrected chi connectivity index (χ1v) is 7.64. The number of carbonyl (C=O) groups excluding carboxylic acids is 2. The van der Waals surface area contributed by atoms with Crippen molar-refractivity contribution in [2.24, 2.45) is 0 Å². The van der Waals surface area contributed by atoms with Gasteiger partial charge in [0.1, 0.15) is 0 Å². The Kier molecular flexibility index (Phi) is 5.14. The van der Waals surface area contributed by atoms with Crippen LogP contribution in [0, 0.1) is 0 Å². The Labute approximate surface area is 122 Å². The van der Waals surface area contributed by atoms with E-state index in [0.717, 1.165) is 4.88 Å². The van der Waals surface area contributed by atoms with Crippen LogP contribution in [0.3, 0.4) is 0 Å². The Bertz CT molecular complexity index is 461. The molecule has 0 bridgehead atoms. The molecule has 1 aromatic heterocycles. The quantitative estimate of drug-likeness (QED) is 0.917. The number of nitrogens with zero attached hydrogens (tertiary/aromatic N) is 1. The van der Waals surface area contributed by atoms with E-state index >= 15 is 0 Å². The van der Waals surface area contributed by atoms with Crippen molar-refractivity contribution in [2.75, 3.05) is 19.7 Å². The first kappa shape index (κ1) is 15.0. The smallest absolute Gasteiger partial charge is 0.225 e. The molecule has 1 aliphatic heterocycles. The van der Waals surface area contributed by atoms with Gasteiger partial charge in [0, 0.05) is 24.9 Å². The minimum absolute atomic E-state index is 0.0623. The summed E-state index contributed by atoms with van der Waals surface area (Å²) in [7, 11) is 0. The largest absolute Gasteiger partial charge is 0.375 e. The normalized spacial score (nSPS) is 20.5. The van der Waals surface area contributed by atoms with E-state index in [1.54, 1.807) is 11.3 Å². The summed E-state index contributed by atoms with van der Waals surface area (Å²) >= 11 is 1.55. The summed E-state index contributed by atoms with van der Waals surface area (Å²) < 4.78 is 5.44. The molecule has 0 unspecified atom stereocenters. The highest BCUT2D eigenvalue weighted by Crippen LogP contribution is 2.23. The molecule has 2 atom stereocenters. The molecule has 1 aromatic rings. The van der Waals surface area contributed by atoms with Crippen LogP contribution in [0.15, 0.2) is 17.5 Å². The highest BCUT2D eigenvalue weighted by Gasteiger charge is 2.25. The molecule has 6 heteroatoms. The van der Waals surface area contributed by atoms with Crippen LogP contribution in [-0.4, -0.2) is 42.5 Å². The molecule has 0 spiro atoms. The lowest BCUT2D eigenvalue weighted by Gasteiger charge is -2.32. The average molecular weight is 296 g/mol. The highest BCUT2D eigenvalue weighted by atomic mass is 32.1. The Morgan fingerprint density at radius 2 is 2.40 bits per heavy atom. The fourth-order valence-corrected chi connectivity index (χ4v) is 3.08. The van der Waals surface area contributed by atoms with Crippen LogP contribution in [-0.2, 0) is 14.3 Å². The van der Waals surface area contributed by atoms with E-state index in [2.05, 4.69) is 5.32 Å². The zero-order valence-corrected chi connectivity index (χ0v) is 12.6. The van der Waals surface area contributed by atoms with Crippen molar-refractivity contribution in [3.8, 4) is 0 Å². The average Bonchev–Trinajstić information content (AvgIpc) is 2.91. The van der Waals surface area contributed by atoms with Crippen molar-refractivity contribution >= 4 is 23.2 Å². The van der Waals surface area contributed by atoms with Gasteiger partial charge < -0.3 is 15.0 Å². The van der Waals surface area contributed by atoms with Gasteiger partial charge >= 0.3 is 0 Å². The Morgan fingerprint density at radius 1 is 1.60 bits per heavy atom. The maximum Gasteiger partial charge on any atom is 0.225 e. The van der Waals surface area contributed by atoms with E-state index in [0.29, 0.717) is 26.1 Å². The van der Waals surface area contributed by atoms with Crippen molar-refractivity contribution < 1.29 is 14.3 Å². The SMILES string of the molecule is CC(=O)N[C@@H](CC(=O)N1CCO[C@H](C)C1)c1cccs1. The lowest BCUT2D eigenvalue weighted by molar-refractivity contribution is -0.138. The molecular formula is C14H20N2O3S. The molecule has 1 aliphatic rings. The number of hydrogen-bond acceptors (Lipinski definition) is 4. The van der Waals surface area contributed by atoms with Gasteiger partial charge in [-0.3, -0.25) is 9.59 Å². The van der Waals surface area contributed by atoms with E-state index in [-0.39, 0.29) is 24.0 Å². The number of ether oxygens (including phenoxy) is 1. The van der Waals surface area contributed by atoms with Gasteiger partial charge in [-0.1, -0.05) is 6.07 Å². The van der Waals surface area contributed by atoms with Gasteiger partial charge in [-0.05, 0) is 18.4 Å². The van der Waals surface area contributed by atoms with Crippen LogP contribution in [0.25, 0.3) is 0 Å². The van der Waals surface area contributed by atoms with Crippen molar-refractivity contribution in [3.63, 3.8) is 0 Å². The molecule has 1 fully saturated rings. The van der Waals surface area contributed by atoms with Gasteiger partial charge in [0.25, 0.3) is 0 Å². The fraction of sp³-hybridized carbons (Fsp3) is 0.571. The van der Waals surface area contributed by atoms with Gasteiger partial charge in [-0.2, -0.15) is 0 Å². The predicted molar refractivity (Wildman–Crippen MR) is 77.5 cm³/mol. The van der Waals surface area contributed by atoms with Crippen LogP contribution < -0.4 is 5.32 Å². The second kappa shape index (κ2) is 6.85. The fourth-order valence-electron chi connectivity index (χ4n) is 2.31. The van der Waals surface area contributed by atoms with Crippen molar-refractivity contribution in [3.05, 3.63) is 22.4 Å². The summed E-state index contributed by atoms with van der Waals surface area (Å²) in [6.07, 6.45) is 0.376. The van der Waals surface area contributed by atoms with Crippen LogP contribution >= 0.6 is 11.3 Å². The van der Waals surface area contributed by atoms with Gasteiger partial charge in [0.2, 0.25) is 11.8 Å². The molecule has 5 nitrogen and oxygen atoms in total. The molecule has 0 radical (unpaired) electrons. The molecule has 20 heavy (non-hydrogen) atoms. The topological polar surface area (TPSA) is 58.6 Å². The molecule has 110 valence electrons. The second-order valence-electron chi connectivity index (χ2n) is 4.99. The zero-order valence-electron chi connectivity index (χ0n) is 11.8. The highest BCUT2D eigenvalue weighted by molar-refractivity contribution is 7.10. The van der Waals surface area contributed by atoms with Crippen molar-refractivity contribution in [1.29, 1.82) is 0 Å². The second-order valence-corrected chi connectivity index (χ2v) is 5.97. The monoisotopic (exact) mass is 296 g/mol. The maximum atomic E-state index is 12.4. The first-order chi connectivity index (χ1) is 9.56. The molecular weight excluding hydrogens is 276 g/mol. The summed E-state index contributed by atoms with van der Waals surface area (Å²) in [4.78, 5) is 26.5. The van der Waals surface area contributed by atoms with Crippen LogP contribution in [0.2, 0.25) is 0 Å². The predicted octanol–water partition coefficient (Wildman–Crippen LogP) is 1.56. The number of nitrogens with one attached hydrogen (secondary N) is 1. The number of rotatable bonds is 4. The number of carbonyl (C=O) groups is 2. The van der Waals surface area contributed by atoms with Gasteiger partial charge in [0.15, 0.2) is 0 Å². The van der Waals surface area contributed by atoms with E-state index < -0.39 is 0 Å². The molecule has 0 saturated carbocycles. The van der Waals surface area contributed by atoms with E-state index in [9.17, 15) is 9.59 Å². The third-order valence-corrected chi connectivity index (χ3v) is 4.22. The van der Waals surface area contributed by atoms with Gasteiger partial charge in [0.05, 0.1) is 25.2 Å². The lowest BCUT2D eigenvalue weighted by Crippen LogP contribution is -2.45. The van der Waals surface area contributed by atoms with E-state index in [1.807, 2.05) is 29.3 Å². The molecule has 0 aromatic carbocycles. The Morgan fingerprint density at radius 3 is 3.00 bits per heavy atom. The van der Waals surface area contributed by atoms with Gasteiger partial charge in [-0.15, -0.1) is 11.3 Å². The number of thiophene rings is 1. The van der Waals surface area contributed by atoms with Crippen molar-refractivity contribution in [1.82, 2.24) is 10.2 Å². The third-order valence-electron chi connectivity index (χ3n) is 3.24.